The van der Waals surface area contributed by atoms with Crippen LogP contribution in [-0.2, 0) is 0 Å². The first-order valence-electron chi connectivity index (χ1n) is 7.50. The lowest BCUT2D eigenvalue weighted by Crippen LogP contribution is -2.62. The molecule has 0 aromatic carbocycles. The van der Waals surface area contributed by atoms with Crippen LogP contribution in [0.15, 0.2) is 12.7 Å². The van der Waals surface area contributed by atoms with E-state index in [0.29, 0.717) is 22.3 Å². The topological polar surface area (TPSA) is 38.0 Å². The van der Waals surface area contributed by atoms with Crippen LogP contribution in [0, 0.1) is 22.2 Å². The van der Waals surface area contributed by atoms with Crippen LogP contribution >= 0.6 is 0 Å². The van der Waals surface area contributed by atoms with Gasteiger partial charge in [0, 0.05) is 6.04 Å². The number of nitrogens with one attached hydrogen (secondary N) is 1. The van der Waals surface area contributed by atoms with Gasteiger partial charge in [-0.15, -0.1) is 6.58 Å². The van der Waals surface area contributed by atoms with Crippen molar-refractivity contribution in [2.24, 2.45) is 28.0 Å². The summed E-state index contributed by atoms with van der Waals surface area (Å²) >= 11 is 0. The third kappa shape index (κ3) is 1.77. The molecule has 0 aromatic rings. The van der Waals surface area contributed by atoms with E-state index in [2.05, 4.69) is 25.9 Å². The molecule has 0 aromatic heterocycles. The standard InChI is InChI=1S/C16H28N2/c1-4-5-13(18-17)16-8-12-6-14(2,10-16)9-15(3,7-12)11-16/h4,12-13,18H,1,5-11,17H2,2-3H3. The Bertz CT molecular complexity index is 344. The van der Waals surface area contributed by atoms with Gasteiger partial charge in [-0.2, -0.15) is 0 Å². The number of hydrazine groups is 1. The largest absolute Gasteiger partial charge is 0.271 e. The second-order valence-electron chi connectivity index (χ2n) is 8.24. The van der Waals surface area contributed by atoms with Gasteiger partial charge in [0.2, 0.25) is 0 Å². The SMILES string of the molecule is C=CCC(NN)C12CC3CC(C)(CC(C)(C3)C1)C2. The Morgan fingerprint density at radius 3 is 2.28 bits per heavy atom. The minimum atomic E-state index is 0.428. The van der Waals surface area contributed by atoms with E-state index in [0.717, 1.165) is 12.3 Å². The van der Waals surface area contributed by atoms with E-state index in [-0.39, 0.29) is 0 Å². The molecule has 2 nitrogen and oxygen atoms in total. The third-order valence-corrected chi connectivity index (χ3v) is 6.01. The van der Waals surface area contributed by atoms with Crippen molar-refractivity contribution < 1.29 is 0 Å². The molecule has 2 heteroatoms. The van der Waals surface area contributed by atoms with Crippen LogP contribution in [0.25, 0.3) is 0 Å². The minimum absolute atomic E-state index is 0.428. The molecule has 3 atom stereocenters. The van der Waals surface area contributed by atoms with E-state index >= 15 is 0 Å². The fraction of sp³-hybridized carbons (Fsp3) is 0.875. The molecule has 0 saturated heterocycles. The third-order valence-electron chi connectivity index (χ3n) is 6.01. The molecule has 0 spiro atoms. The highest BCUT2D eigenvalue weighted by atomic mass is 15.2. The van der Waals surface area contributed by atoms with Crippen molar-refractivity contribution in [3.05, 3.63) is 12.7 Å². The molecule has 4 saturated carbocycles. The Morgan fingerprint density at radius 2 is 1.83 bits per heavy atom. The molecular formula is C16H28N2. The first kappa shape index (κ1) is 12.7. The Labute approximate surface area is 111 Å². The monoisotopic (exact) mass is 248 g/mol. The van der Waals surface area contributed by atoms with Gasteiger partial charge >= 0.3 is 0 Å². The zero-order chi connectivity index (χ0) is 13.0. The van der Waals surface area contributed by atoms with Crippen molar-refractivity contribution in [2.75, 3.05) is 0 Å². The van der Waals surface area contributed by atoms with Crippen LogP contribution in [0.1, 0.15) is 58.8 Å². The number of hydrogen-bond donors (Lipinski definition) is 2. The zero-order valence-electron chi connectivity index (χ0n) is 12.0. The van der Waals surface area contributed by atoms with E-state index < -0.39 is 0 Å². The molecular weight excluding hydrogens is 220 g/mol. The average Bonchev–Trinajstić information content (AvgIpc) is 2.20. The summed E-state index contributed by atoms with van der Waals surface area (Å²) in [5.41, 5.74) is 4.71. The highest BCUT2D eigenvalue weighted by Crippen LogP contribution is 2.70. The van der Waals surface area contributed by atoms with Gasteiger partial charge in [0.1, 0.15) is 0 Å². The van der Waals surface area contributed by atoms with Crippen LogP contribution in [0.3, 0.4) is 0 Å². The van der Waals surface area contributed by atoms with E-state index in [9.17, 15) is 0 Å². The molecule has 3 N–H and O–H groups in total. The van der Waals surface area contributed by atoms with E-state index in [1.165, 1.54) is 38.5 Å². The van der Waals surface area contributed by atoms with Gasteiger partial charge in [0.05, 0.1) is 0 Å². The van der Waals surface area contributed by atoms with Crippen LogP contribution in [-0.4, -0.2) is 6.04 Å². The van der Waals surface area contributed by atoms with Gasteiger partial charge in [-0.05, 0) is 67.1 Å². The maximum atomic E-state index is 5.87. The van der Waals surface area contributed by atoms with Gasteiger partial charge in [0.15, 0.2) is 0 Å². The van der Waals surface area contributed by atoms with Crippen LogP contribution in [0.5, 0.6) is 0 Å². The van der Waals surface area contributed by atoms with Crippen molar-refractivity contribution in [1.82, 2.24) is 5.43 Å². The van der Waals surface area contributed by atoms with Crippen molar-refractivity contribution in [2.45, 2.75) is 64.8 Å². The molecule has 0 radical (unpaired) electrons. The Balaban J connectivity index is 1.95. The molecule has 4 rings (SSSR count). The summed E-state index contributed by atoms with van der Waals surface area (Å²) in [6.45, 7) is 8.95. The smallest absolute Gasteiger partial charge is 0.0301 e. The second kappa shape index (κ2) is 3.83. The lowest BCUT2D eigenvalue weighted by molar-refractivity contribution is -0.157. The van der Waals surface area contributed by atoms with Crippen molar-refractivity contribution in [1.29, 1.82) is 0 Å². The zero-order valence-corrected chi connectivity index (χ0v) is 12.0. The molecule has 0 amide bonds. The van der Waals surface area contributed by atoms with Crippen LogP contribution < -0.4 is 11.3 Å². The summed E-state index contributed by atoms with van der Waals surface area (Å²) in [5, 5.41) is 0. The van der Waals surface area contributed by atoms with E-state index in [4.69, 9.17) is 5.84 Å². The summed E-state index contributed by atoms with van der Waals surface area (Å²) in [4.78, 5) is 0. The maximum Gasteiger partial charge on any atom is 0.0301 e. The van der Waals surface area contributed by atoms with Crippen molar-refractivity contribution >= 4 is 0 Å². The summed E-state index contributed by atoms with van der Waals surface area (Å²) in [6.07, 6.45) is 11.5. The summed E-state index contributed by atoms with van der Waals surface area (Å²) in [7, 11) is 0. The summed E-state index contributed by atoms with van der Waals surface area (Å²) in [5.74, 6) is 6.81. The van der Waals surface area contributed by atoms with Crippen LogP contribution in [0.2, 0.25) is 0 Å². The van der Waals surface area contributed by atoms with Gasteiger partial charge < -0.3 is 0 Å². The molecule has 102 valence electrons. The Morgan fingerprint density at radius 1 is 1.22 bits per heavy atom. The van der Waals surface area contributed by atoms with Gasteiger partial charge in [-0.1, -0.05) is 19.9 Å². The fourth-order valence-corrected chi connectivity index (χ4v) is 6.59. The first-order chi connectivity index (χ1) is 8.43. The lowest BCUT2D eigenvalue weighted by Gasteiger charge is -2.67. The minimum Gasteiger partial charge on any atom is -0.271 e. The van der Waals surface area contributed by atoms with Crippen molar-refractivity contribution in [3.63, 3.8) is 0 Å². The normalized spacial score (nSPS) is 51.4. The molecule has 4 aliphatic rings. The molecule has 18 heavy (non-hydrogen) atoms. The van der Waals surface area contributed by atoms with Gasteiger partial charge in [-0.25, -0.2) is 0 Å². The quantitative estimate of drug-likeness (QED) is 0.455. The Hall–Kier alpha value is -0.340. The molecule has 0 aliphatic heterocycles. The second-order valence-corrected chi connectivity index (χ2v) is 8.24. The number of rotatable bonds is 4. The molecule has 4 aliphatic carbocycles. The summed E-state index contributed by atoms with van der Waals surface area (Å²) < 4.78 is 0. The molecule has 0 heterocycles. The first-order valence-corrected chi connectivity index (χ1v) is 7.50. The van der Waals surface area contributed by atoms with E-state index in [1.807, 2.05) is 6.08 Å². The van der Waals surface area contributed by atoms with Crippen molar-refractivity contribution in [3.8, 4) is 0 Å². The molecule has 3 unspecified atom stereocenters. The van der Waals surface area contributed by atoms with Crippen LogP contribution in [0.4, 0.5) is 0 Å². The van der Waals surface area contributed by atoms with E-state index in [1.54, 1.807) is 0 Å². The fourth-order valence-electron chi connectivity index (χ4n) is 6.59. The highest BCUT2D eigenvalue weighted by Gasteiger charge is 2.61. The molecule has 4 fully saturated rings. The van der Waals surface area contributed by atoms with Gasteiger partial charge in [0.25, 0.3) is 0 Å². The predicted octanol–water partition coefficient (Wildman–Crippen LogP) is 3.39. The predicted molar refractivity (Wildman–Crippen MR) is 75.8 cm³/mol. The summed E-state index contributed by atoms with van der Waals surface area (Å²) in [6, 6.07) is 0.428. The highest BCUT2D eigenvalue weighted by molar-refractivity contribution is 5.13. The Kier molecular flexibility index (Phi) is 2.70. The number of hydrogen-bond acceptors (Lipinski definition) is 2. The van der Waals surface area contributed by atoms with Gasteiger partial charge in [-0.3, -0.25) is 11.3 Å². The molecule has 4 bridgehead atoms. The maximum absolute atomic E-state index is 5.87. The lowest BCUT2D eigenvalue weighted by atomic mass is 9.39. The number of nitrogens with two attached hydrogens (primary N) is 1. The average molecular weight is 248 g/mol.